The second-order valence-corrected chi connectivity index (χ2v) is 22.7. The van der Waals surface area contributed by atoms with E-state index in [0.717, 1.165) is 58.0 Å². The first kappa shape index (κ1) is 58.9. The third-order valence-corrected chi connectivity index (χ3v) is 16.5. The van der Waals surface area contributed by atoms with E-state index in [4.69, 9.17) is 14.2 Å². The normalized spacial score (nSPS) is 15.7. The van der Waals surface area contributed by atoms with Crippen molar-refractivity contribution in [2.45, 2.75) is 101 Å². The minimum Gasteiger partial charge on any atom is -0.493 e. The summed E-state index contributed by atoms with van der Waals surface area (Å²) < 4.78 is 114. The molecule has 0 bridgehead atoms. The van der Waals surface area contributed by atoms with Crippen molar-refractivity contribution in [3.8, 4) is 50.6 Å². The zero-order valence-corrected chi connectivity index (χ0v) is 46.7. The van der Waals surface area contributed by atoms with Crippen molar-refractivity contribution in [1.82, 2.24) is 27.8 Å². The van der Waals surface area contributed by atoms with Gasteiger partial charge < -0.3 is 29.5 Å². The molecule has 0 spiro atoms. The Bertz CT molecular complexity index is 3700. The average Bonchev–Trinajstić information content (AvgIpc) is 1.95. The van der Waals surface area contributed by atoms with Gasteiger partial charge in [-0.2, -0.15) is 43.8 Å². The number of halogens is 6. The minimum atomic E-state index is -4.52. The molecule has 1 unspecified atom stereocenters. The van der Waals surface area contributed by atoms with Gasteiger partial charge in [0.05, 0.1) is 46.8 Å². The topological polar surface area (TPSA) is 230 Å². The molecule has 84 heavy (non-hydrogen) atoms. The highest BCUT2D eigenvalue weighted by Crippen LogP contribution is 2.48. The van der Waals surface area contributed by atoms with Crippen LogP contribution < -0.4 is 14.2 Å². The summed E-state index contributed by atoms with van der Waals surface area (Å²) in [5.41, 5.74) is 7.61. The van der Waals surface area contributed by atoms with Gasteiger partial charge in [-0.1, -0.05) is 81.3 Å². The van der Waals surface area contributed by atoms with E-state index < -0.39 is 60.2 Å². The summed E-state index contributed by atoms with van der Waals surface area (Å²) in [5, 5.41) is 36.4. The SMILES string of the molecule is CC(C)CC(C(=O)O)c1ccc(-c2ccc3nsnc3c2)c(OCC2CC2)c1.O=C(O)C1(c2ccc(-c3ccc4nonc4c3)c(OCC(F)(F)F)c2)CCC1.O=C(O)C1(c2ccc(-c3ccc4nsnc4c3)c(OCC(F)(F)F)c2)CCC1. The van der Waals surface area contributed by atoms with Gasteiger partial charge in [-0.15, -0.1) is 0 Å². The number of nitrogens with zero attached hydrogens (tertiary/aromatic N) is 6. The summed E-state index contributed by atoms with van der Waals surface area (Å²) in [4.78, 5) is 35.4. The maximum atomic E-state index is 12.7. The fourth-order valence-corrected chi connectivity index (χ4v) is 11.3. The van der Waals surface area contributed by atoms with E-state index >= 15 is 0 Å². The maximum absolute atomic E-state index is 12.7. The largest absolute Gasteiger partial charge is 0.493 e. The molecule has 3 heterocycles. The van der Waals surface area contributed by atoms with E-state index in [1.165, 1.54) is 36.7 Å². The quantitative estimate of drug-likeness (QED) is 0.0678. The molecule has 438 valence electrons. The Morgan fingerprint density at radius 2 is 0.988 bits per heavy atom. The number of alkyl halides is 6. The number of carboxylic acids is 3. The van der Waals surface area contributed by atoms with Gasteiger partial charge in [0.15, 0.2) is 13.2 Å². The van der Waals surface area contributed by atoms with Gasteiger partial charge in [-0.3, -0.25) is 14.4 Å². The minimum absolute atomic E-state index is 0.00453. The first-order chi connectivity index (χ1) is 40.1. The maximum Gasteiger partial charge on any atom is 0.422 e. The average molecular weight is 1200 g/mol. The molecular formula is C60H54F6N6O10S2. The Labute approximate surface area is 484 Å². The van der Waals surface area contributed by atoms with Gasteiger partial charge in [0.2, 0.25) is 0 Å². The van der Waals surface area contributed by atoms with Crippen LogP contribution in [0.5, 0.6) is 17.2 Å². The van der Waals surface area contributed by atoms with Crippen LogP contribution >= 0.6 is 23.5 Å². The molecular weight excluding hydrogens is 1140 g/mol. The van der Waals surface area contributed by atoms with Crippen molar-refractivity contribution in [2.24, 2.45) is 11.8 Å². The Morgan fingerprint density at radius 3 is 1.40 bits per heavy atom. The number of carbonyl (C=O) groups is 3. The summed E-state index contributed by atoms with van der Waals surface area (Å²) in [6.07, 6.45) is -2.70. The fourth-order valence-electron chi connectivity index (χ4n) is 10.3. The van der Waals surface area contributed by atoms with Crippen molar-refractivity contribution < 1.29 is 74.9 Å². The molecule has 3 N–H and O–H groups in total. The van der Waals surface area contributed by atoms with Crippen LogP contribution in [0.25, 0.3) is 66.5 Å². The van der Waals surface area contributed by atoms with Crippen molar-refractivity contribution in [2.75, 3.05) is 19.8 Å². The molecule has 9 aromatic rings. The molecule has 3 aliphatic rings. The monoisotopic (exact) mass is 1200 g/mol. The molecule has 0 saturated heterocycles. The van der Waals surface area contributed by atoms with Gasteiger partial charge in [0.1, 0.15) is 50.3 Å². The highest BCUT2D eigenvalue weighted by Gasteiger charge is 2.47. The van der Waals surface area contributed by atoms with E-state index in [2.05, 4.69) is 32.4 Å². The standard InChI is InChI=1S/C22H24N2O3S.C19H15F3N2O4.C19H15F3N2O3S/c1-13(2)9-18(22(25)26)16-5-7-17(21(11-16)27-12-14-3-4-14)15-6-8-19-20(10-15)24-28-23-19;2*20-19(21,22)10-27-16-9-12(18(17(25)26)6-1-7-18)3-4-13(16)11-2-5-14-15(8-11)24-28-23-14/h5-8,10-11,13-14,18H,3-4,9,12H2,1-2H3,(H,25,26);2*2-5,8-9H,1,6-7,10H2,(H,25,26). The lowest BCUT2D eigenvalue weighted by Gasteiger charge is -2.38. The first-order valence-electron chi connectivity index (χ1n) is 26.9. The number of aliphatic carboxylic acids is 3. The second kappa shape index (κ2) is 24.2. The summed E-state index contributed by atoms with van der Waals surface area (Å²) in [6.45, 7) is 1.85. The predicted octanol–water partition coefficient (Wildman–Crippen LogP) is 14.5. The smallest absolute Gasteiger partial charge is 0.422 e. The number of aromatic nitrogens is 6. The predicted molar refractivity (Wildman–Crippen MR) is 300 cm³/mol. The van der Waals surface area contributed by atoms with Crippen LogP contribution in [0.15, 0.2) is 114 Å². The summed E-state index contributed by atoms with van der Waals surface area (Å²) in [5.74, 6) is -1.62. The van der Waals surface area contributed by atoms with Gasteiger partial charge in [0.25, 0.3) is 0 Å². The molecule has 16 nitrogen and oxygen atoms in total. The van der Waals surface area contributed by atoms with Crippen LogP contribution in [0.2, 0.25) is 0 Å². The molecule has 3 aromatic heterocycles. The molecule has 0 aliphatic heterocycles. The lowest BCUT2D eigenvalue weighted by atomic mass is 9.64. The van der Waals surface area contributed by atoms with Crippen LogP contribution in [-0.2, 0) is 25.2 Å². The zero-order chi connectivity index (χ0) is 59.6. The summed E-state index contributed by atoms with van der Waals surface area (Å²) >= 11 is 2.25. The lowest BCUT2D eigenvalue weighted by Crippen LogP contribution is -2.42. The molecule has 3 saturated carbocycles. The number of carboxylic acid groups (broad SMARTS) is 3. The van der Waals surface area contributed by atoms with E-state index in [9.17, 15) is 56.0 Å². The molecule has 3 aliphatic carbocycles. The number of fused-ring (bicyclic) bond motifs is 3. The second-order valence-electron chi connectivity index (χ2n) is 21.6. The Hall–Kier alpha value is -8.25. The number of benzene rings is 6. The molecule has 12 rings (SSSR count). The summed E-state index contributed by atoms with van der Waals surface area (Å²) in [7, 11) is 0. The highest BCUT2D eigenvalue weighted by molar-refractivity contribution is 7.00. The molecule has 0 radical (unpaired) electrons. The number of ether oxygens (including phenoxy) is 3. The van der Waals surface area contributed by atoms with Crippen molar-refractivity contribution in [3.63, 3.8) is 0 Å². The van der Waals surface area contributed by atoms with Gasteiger partial charge >= 0.3 is 30.3 Å². The lowest BCUT2D eigenvalue weighted by molar-refractivity contribution is -0.154. The summed E-state index contributed by atoms with van der Waals surface area (Å²) in [6, 6.07) is 31.3. The van der Waals surface area contributed by atoms with Crippen molar-refractivity contribution in [1.29, 1.82) is 0 Å². The molecule has 1 atom stereocenters. The van der Waals surface area contributed by atoms with Gasteiger partial charge in [0, 0.05) is 16.7 Å². The molecule has 24 heteroatoms. The van der Waals surface area contributed by atoms with Gasteiger partial charge in [-0.05, 0) is 155 Å². The number of hydrogen-bond donors (Lipinski definition) is 3. The van der Waals surface area contributed by atoms with Crippen LogP contribution in [-0.4, -0.2) is 93.2 Å². The van der Waals surface area contributed by atoms with Crippen LogP contribution in [0.4, 0.5) is 26.3 Å². The molecule has 0 amide bonds. The van der Waals surface area contributed by atoms with Crippen molar-refractivity contribution in [3.05, 3.63) is 126 Å². The first-order valence-corrected chi connectivity index (χ1v) is 28.4. The van der Waals surface area contributed by atoms with Crippen LogP contribution in [0, 0.1) is 11.8 Å². The van der Waals surface area contributed by atoms with Crippen LogP contribution in [0.1, 0.15) is 94.2 Å². The Morgan fingerprint density at radius 1 is 0.560 bits per heavy atom. The van der Waals surface area contributed by atoms with E-state index in [0.29, 0.717) is 106 Å². The van der Waals surface area contributed by atoms with Crippen molar-refractivity contribution >= 4 is 74.5 Å². The number of rotatable bonds is 18. The van der Waals surface area contributed by atoms with Crippen LogP contribution in [0.3, 0.4) is 0 Å². The Balaban J connectivity index is 0.000000140. The highest BCUT2D eigenvalue weighted by atomic mass is 32.1. The van der Waals surface area contributed by atoms with E-state index in [1.807, 2.05) is 50.2 Å². The third kappa shape index (κ3) is 13.2. The zero-order valence-electron chi connectivity index (χ0n) is 45.1. The number of hydrogen-bond acceptors (Lipinski definition) is 15. The molecule has 3 fully saturated rings. The van der Waals surface area contributed by atoms with E-state index in [-0.39, 0.29) is 11.5 Å². The third-order valence-electron chi connectivity index (χ3n) is 15.4. The Kier molecular flexibility index (Phi) is 16.9. The fraction of sp³-hybridized carbons (Fsp3) is 0.350. The molecule has 6 aromatic carbocycles. The van der Waals surface area contributed by atoms with Gasteiger partial charge in [-0.25, -0.2) is 4.63 Å². The van der Waals surface area contributed by atoms with E-state index in [1.54, 1.807) is 60.7 Å².